The van der Waals surface area contributed by atoms with Crippen molar-refractivity contribution in [1.82, 2.24) is 20.2 Å². The number of nitrogens with zero attached hydrogens (tertiary/aromatic N) is 3. The maximum Gasteiger partial charge on any atom is 0.191 e. The highest BCUT2D eigenvalue weighted by Crippen LogP contribution is 2.18. The van der Waals surface area contributed by atoms with Gasteiger partial charge < -0.3 is 15.2 Å². The summed E-state index contributed by atoms with van der Waals surface area (Å²) in [7, 11) is 0. The van der Waals surface area contributed by atoms with Crippen molar-refractivity contribution in [1.29, 1.82) is 0 Å². The molecule has 5 nitrogen and oxygen atoms in total. The van der Waals surface area contributed by atoms with Gasteiger partial charge in [-0.05, 0) is 32.4 Å². The number of thiazole rings is 1. The predicted octanol–water partition coefficient (Wildman–Crippen LogP) is 3.23. The summed E-state index contributed by atoms with van der Waals surface area (Å²) in [6.07, 6.45) is 6.05. The highest BCUT2D eigenvalue weighted by molar-refractivity contribution is 14.0. The fourth-order valence-electron chi connectivity index (χ4n) is 2.35. The smallest absolute Gasteiger partial charge is 0.191 e. The van der Waals surface area contributed by atoms with Gasteiger partial charge in [0.05, 0.1) is 10.7 Å². The van der Waals surface area contributed by atoms with Gasteiger partial charge in [-0.1, -0.05) is 6.92 Å². The molecule has 0 radical (unpaired) electrons. The summed E-state index contributed by atoms with van der Waals surface area (Å²) in [6, 6.07) is 4.08. The second-order valence-corrected chi connectivity index (χ2v) is 6.61. The first-order valence-corrected chi connectivity index (χ1v) is 9.12. The van der Waals surface area contributed by atoms with Gasteiger partial charge in [-0.15, -0.1) is 35.3 Å². The Hall–Kier alpha value is -1.09. The van der Waals surface area contributed by atoms with E-state index < -0.39 is 0 Å². The fraction of sp³-hybridized carbons (Fsp3) is 0.529. The van der Waals surface area contributed by atoms with E-state index in [9.17, 15) is 0 Å². The maximum absolute atomic E-state index is 4.67. The largest absolute Gasteiger partial charge is 0.357 e. The molecule has 24 heavy (non-hydrogen) atoms. The lowest BCUT2D eigenvalue weighted by atomic mass is 10.3. The molecule has 2 aromatic rings. The first-order valence-electron chi connectivity index (χ1n) is 8.31. The molecule has 2 rings (SSSR count). The second kappa shape index (κ2) is 11.5. The average molecular weight is 461 g/mol. The van der Waals surface area contributed by atoms with Crippen molar-refractivity contribution >= 4 is 41.3 Å². The zero-order valence-corrected chi connectivity index (χ0v) is 17.9. The highest BCUT2D eigenvalue weighted by Gasteiger charge is 2.05. The van der Waals surface area contributed by atoms with E-state index in [1.165, 1.54) is 15.6 Å². The van der Waals surface area contributed by atoms with E-state index in [4.69, 9.17) is 0 Å². The van der Waals surface area contributed by atoms with Crippen LogP contribution in [0.5, 0.6) is 0 Å². The van der Waals surface area contributed by atoms with Gasteiger partial charge in [0.25, 0.3) is 0 Å². The lowest BCUT2D eigenvalue weighted by Crippen LogP contribution is -2.39. The van der Waals surface area contributed by atoms with Crippen molar-refractivity contribution in [3.8, 4) is 0 Å². The van der Waals surface area contributed by atoms with Gasteiger partial charge in [0.15, 0.2) is 5.96 Å². The molecule has 2 N–H and O–H groups in total. The highest BCUT2D eigenvalue weighted by atomic mass is 127. The molecule has 0 aliphatic rings. The lowest BCUT2D eigenvalue weighted by Gasteiger charge is -2.11. The maximum atomic E-state index is 4.67. The van der Waals surface area contributed by atoms with Gasteiger partial charge in [0.2, 0.25) is 0 Å². The van der Waals surface area contributed by atoms with Crippen LogP contribution in [0.2, 0.25) is 0 Å². The Morgan fingerprint density at radius 3 is 2.62 bits per heavy atom. The van der Waals surface area contributed by atoms with Crippen molar-refractivity contribution in [2.24, 2.45) is 4.99 Å². The third kappa shape index (κ3) is 6.80. The molecule has 0 saturated heterocycles. The lowest BCUT2D eigenvalue weighted by molar-refractivity contribution is 0.665. The monoisotopic (exact) mass is 461 g/mol. The quantitative estimate of drug-likeness (QED) is 0.361. The molecule has 0 saturated carbocycles. The molecule has 0 amide bonds. The van der Waals surface area contributed by atoms with Gasteiger partial charge in [-0.25, -0.2) is 4.98 Å². The third-order valence-electron chi connectivity index (χ3n) is 3.54. The number of hydrogen-bond donors (Lipinski definition) is 2. The van der Waals surface area contributed by atoms with Crippen LogP contribution in [-0.2, 0) is 19.4 Å². The van der Waals surface area contributed by atoms with Crippen LogP contribution in [0.15, 0.2) is 29.5 Å². The number of guanidine groups is 1. The molecule has 0 aliphatic carbocycles. The van der Waals surface area contributed by atoms with Gasteiger partial charge in [0.1, 0.15) is 0 Å². The summed E-state index contributed by atoms with van der Waals surface area (Å²) in [6.45, 7) is 9.80. The van der Waals surface area contributed by atoms with Gasteiger partial charge in [-0.3, -0.25) is 4.99 Å². The number of aromatic nitrogens is 2. The second-order valence-electron chi connectivity index (χ2n) is 5.32. The summed E-state index contributed by atoms with van der Waals surface area (Å²) in [5.74, 6) is 0.878. The molecule has 2 aromatic heterocycles. The number of aryl methyl sites for hydroxylation is 2. The molecule has 0 bridgehead atoms. The van der Waals surface area contributed by atoms with Crippen LogP contribution in [0.3, 0.4) is 0 Å². The van der Waals surface area contributed by atoms with Gasteiger partial charge >= 0.3 is 0 Å². The van der Waals surface area contributed by atoms with Crippen LogP contribution in [-0.4, -0.2) is 35.1 Å². The van der Waals surface area contributed by atoms with E-state index in [1.54, 1.807) is 11.3 Å². The molecule has 0 unspecified atom stereocenters. The zero-order chi connectivity index (χ0) is 16.5. The standard InChI is InChI=1S/C17H27N5S.HI/c1-4-15-14(3)23-16(21-15)8-9-19-17(18-5-2)20-10-13-22-11-6-7-12-22;/h6-7,11-12H,4-5,8-10,13H2,1-3H3,(H2,18,19,20);1H. The Kier molecular flexibility index (Phi) is 10.0. The Morgan fingerprint density at radius 1 is 1.25 bits per heavy atom. The van der Waals surface area contributed by atoms with Crippen molar-refractivity contribution in [2.45, 2.75) is 40.2 Å². The van der Waals surface area contributed by atoms with E-state index in [-0.39, 0.29) is 24.0 Å². The summed E-state index contributed by atoms with van der Waals surface area (Å²) in [5, 5.41) is 7.85. The van der Waals surface area contributed by atoms with E-state index in [0.29, 0.717) is 0 Å². The Labute approximate surface area is 166 Å². The predicted molar refractivity (Wildman–Crippen MR) is 114 cm³/mol. The molecule has 0 aromatic carbocycles. The first-order chi connectivity index (χ1) is 11.2. The minimum Gasteiger partial charge on any atom is -0.357 e. The number of aliphatic imine (C=N–C) groups is 1. The number of hydrogen-bond acceptors (Lipinski definition) is 3. The molecular weight excluding hydrogens is 433 g/mol. The van der Waals surface area contributed by atoms with E-state index in [2.05, 4.69) is 58.3 Å². The Morgan fingerprint density at radius 2 is 2.00 bits per heavy atom. The van der Waals surface area contributed by atoms with E-state index >= 15 is 0 Å². The summed E-state index contributed by atoms with van der Waals surface area (Å²) in [5.41, 5.74) is 1.23. The molecule has 0 fully saturated rings. The van der Waals surface area contributed by atoms with Crippen molar-refractivity contribution in [3.05, 3.63) is 40.1 Å². The van der Waals surface area contributed by atoms with Crippen LogP contribution in [0.1, 0.15) is 29.4 Å². The van der Waals surface area contributed by atoms with E-state index in [0.717, 1.165) is 45.0 Å². The molecule has 7 heteroatoms. The third-order valence-corrected chi connectivity index (χ3v) is 4.61. The van der Waals surface area contributed by atoms with Crippen molar-refractivity contribution < 1.29 is 0 Å². The van der Waals surface area contributed by atoms with E-state index in [1.807, 2.05) is 12.1 Å². The molecule has 0 atom stereocenters. The van der Waals surface area contributed by atoms with Gasteiger partial charge in [-0.2, -0.15) is 0 Å². The normalized spacial score (nSPS) is 11.2. The molecule has 0 spiro atoms. The summed E-state index contributed by atoms with van der Waals surface area (Å²) < 4.78 is 2.15. The first kappa shape index (κ1) is 21.0. The average Bonchev–Trinajstić information content (AvgIpc) is 3.17. The summed E-state index contributed by atoms with van der Waals surface area (Å²) in [4.78, 5) is 10.7. The van der Waals surface area contributed by atoms with Crippen LogP contribution < -0.4 is 10.6 Å². The number of rotatable bonds is 8. The van der Waals surface area contributed by atoms with Crippen LogP contribution in [0.4, 0.5) is 0 Å². The molecule has 2 heterocycles. The molecular formula is C17H28IN5S. The zero-order valence-electron chi connectivity index (χ0n) is 14.7. The minimum atomic E-state index is 0. The van der Waals surface area contributed by atoms with Crippen LogP contribution >= 0.6 is 35.3 Å². The summed E-state index contributed by atoms with van der Waals surface area (Å²) >= 11 is 1.80. The molecule has 134 valence electrons. The van der Waals surface area contributed by atoms with Crippen LogP contribution in [0, 0.1) is 6.92 Å². The fourth-order valence-corrected chi connectivity index (χ4v) is 3.36. The van der Waals surface area contributed by atoms with Crippen molar-refractivity contribution in [2.75, 3.05) is 19.6 Å². The van der Waals surface area contributed by atoms with Crippen LogP contribution in [0.25, 0.3) is 0 Å². The van der Waals surface area contributed by atoms with Crippen molar-refractivity contribution in [3.63, 3.8) is 0 Å². The minimum absolute atomic E-state index is 0. The Balaban J connectivity index is 0.00000288. The number of halogens is 1. The molecule has 0 aliphatic heterocycles. The number of nitrogens with one attached hydrogen (secondary N) is 2. The topological polar surface area (TPSA) is 54.2 Å². The Bertz CT molecular complexity index is 607. The SMILES string of the molecule is CCNC(=NCCc1nc(CC)c(C)s1)NCCn1cccc1.I. The van der Waals surface area contributed by atoms with Gasteiger partial charge in [0, 0.05) is 49.9 Å².